The number of hydrogen-bond donors (Lipinski definition) is 0. The highest BCUT2D eigenvalue weighted by atomic mass is 127. The van der Waals surface area contributed by atoms with Crippen molar-refractivity contribution >= 4 is 50.9 Å². The average Bonchev–Trinajstić information content (AvgIpc) is 2.12. The van der Waals surface area contributed by atoms with Crippen molar-refractivity contribution in [1.29, 1.82) is 0 Å². The van der Waals surface area contributed by atoms with Gasteiger partial charge in [-0.1, -0.05) is 0 Å². The van der Waals surface area contributed by atoms with Gasteiger partial charge < -0.3 is 5.53 Å². The molecule has 9 heavy (non-hydrogen) atoms. The first-order chi connectivity index (χ1) is 4.25. The highest BCUT2D eigenvalue weighted by Gasteiger charge is 2.20. The first kappa shape index (κ1) is 7.43. The van der Waals surface area contributed by atoms with Crippen LogP contribution in [0.15, 0.2) is 19.3 Å². The molecule has 0 saturated heterocycles. The van der Waals surface area contributed by atoms with Gasteiger partial charge in [0.25, 0.3) is 0 Å². The van der Waals surface area contributed by atoms with Crippen molar-refractivity contribution in [2.75, 3.05) is 0 Å². The van der Waals surface area contributed by atoms with Gasteiger partial charge >= 0.3 is 5.71 Å². The SMILES string of the molecule is [N-]=[N+]=C1C(I)=CC=C1I. The molecule has 0 saturated carbocycles. The van der Waals surface area contributed by atoms with Gasteiger partial charge in [-0.2, -0.15) is 4.79 Å². The van der Waals surface area contributed by atoms with E-state index in [1.807, 2.05) is 12.2 Å². The first-order valence-corrected chi connectivity index (χ1v) is 4.37. The highest BCUT2D eigenvalue weighted by Crippen LogP contribution is 2.24. The van der Waals surface area contributed by atoms with E-state index in [-0.39, 0.29) is 0 Å². The van der Waals surface area contributed by atoms with E-state index in [9.17, 15) is 0 Å². The van der Waals surface area contributed by atoms with Crippen molar-refractivity contribution in [3.63, 3.8) is 0 Å². The van der Waals surface area contributed by atoms with Gasteiger partial charge in [0.15, 0.2) is 0 Å². The fourth-order valence-corrected chi connectivity index (χ4v) is 2.19. The molecule has 1 aliphatic rings. The van der Waals surface area contributed by atoms with Crippen LogP contribution in [0.3, 0.4) is 0 Å². The molecule has 0 bridgehead atoms. The maximum Gasteiger partial charge on any atom is 0.341 e. The molecule has 1 rings (SSSR count). The van der Waals surface area contributed by atoms with Gasteiger partial charge in [0, 0.05) is 0 Å². The zero-order valence-corrected chi connectivity index (χ0v) is 8.62. The summed E-state index contributed by atoms with van der Waals surface area (Å²) in [5, 5.41) is 0. The minimum Gasteiger partial charge on any atom is -0.361 e. The molecule has 0 spiro atoms. The molecule has 0 aromatic rings. The van der Waals surface area contributed by atoms with Gasteiger partial charge in [0.1, 0.15) is 7.16 Å². The number of nitrogens with zero attached hydrogens (tertiary/aromatic N) is 2. The van der Waals surface area contributed by atoms with E-state index in [4.69, 9.17) is 5.53 Å². The summed E-state index contributed by atoms with van der Waals surface area (Å²) in [5.41, 5.74) is 9.08. The third-order valence-corrected chi connectivity index (χ3v) is 2.67. The van der Waals surface area contributed by atoms with E-state index in [0.717, 1.165) is 7.16 Å². The van der Waals surface area contributed by atoms with Gasteiger partial charge in [-0.3, -0.25) is 0 Å². The van der Waals surface area contributed by atoms with Crippen LogP contribution in [0.1, 0.15) is 0 Å². The summed E-state index contributed by atoms with van der Waals surface area (Å²) >= 11 is 4.25. The van der Waals surface area contributed by atoms with E-state index in [0.29, 0.717) is 5.71 Å². The molecule has 1 aliphatic carbocycles. The fourth-order valence-electron chi connectivity index (χ4n) is 0.514. The smallest absolute Gasteiger partial charge is 0.341 e. The molecule has 0 aromatic carbocycles. The molecule has 0 N–H and O–H groups in total. The normalized spacial score (nSPS) is 16.9. The second kappa shape index (κ2) is 2.94. The van der Waals surface area contributed by atoms with Crippen LogP contribution in [0.25, 0.3) is 5.53 Å². The zero-order valence-electron chi connectivity index (χ0n) is 4.31. The number of allylic oxidation sites excluding steroid dienone is 4. The monoisotopic (exact) mass is 344 g/mol. The molecular formula is C5H2I2N2. The average molecular weight is 344 g/mol. The van der Waals surface area contributed by atoms with Gasteiger partial charge in [-0.25, -0.2) is 0 Å². The predicted molar refractivity (Wildman–Crippen MR) is 52.8 cm³/mol. The molecule has 2 nitrogen and oxygen atoms in total. The minimum absolute atomic E-state index is 0.677. The molecule has 0 atom stereocenters. The highest BCUT2D eigenvalue weighted by molar-refractivity contribution is 14.1. The van der Waals surface area contributed by atoms with Crippen LogP contribution in [0, 0.1) is 0 Å². The Bertz CT molecular complexity index is 226. The van der Waals surface area contributed by atoms with Crippen LogP contribution >= 0.6 is 45.2 Å². The summed E-state index contributed by atoms with van der Waals surface area (Å²) in [6.07, 6.45) is 3.83. The van der Waals surface area contributed by atoms with E-state index >= 15 is 0 Å². The van der Waals surface area contributed by atoms with Crippen molar-refractivity contribution in [3.05, 3.63) is 24.8 Å². The Balaban J connectivity index is 3.11. The second-order valence-corrected chi connectivity index (χ2v) is 3.80. The van der Waals surface area contributed by atoms with Gasteiger partial charge in [-0.15, -0.1) is 0 Å². The molecule has 4 heteroatoms. The lowest BCUT2D eigenvalue weighted by atomic mass is 10.4. The van der Waals surface area contributed by atoms with E-state index in [2.05, 4.69) is 50.0 Å². The maximum atomic E-state index is 8.40. The predicted octanol–water partition coefficient (Wildman–Crippen LogP) is 2.31. The van der Waals surface area contributed by atoms with E-state index in [1.165, 1.54) is 0 Å². The Morgan fingerprint density at radius 3 is 1.89 bits per heavy atom. The summed E-state index contributed by atoms with van der Waals surface area (Å²) in [6.45, 7) is 0. The lowest BCUT2D eigenvalue weighted by Gasteiger charge is -1.79. The van der Waals surface area contributed by atoms with Crippen LogP contribution in [0.5, 0.6) is 0 Å². The Morgan fingerprint density at radius 1 is 1.22 bits per heavy atom. The molecule has 0 radical (unpaired) electrons. The van der Waals surface area contributed by atoms with Crippen molar-refractivity contribution < 1.29 is 4.79 Å². The minimum atomic E-state index is 0.677. The zero-order chi connectivity index (χ0) is 6.85. The van der Waals surface area contributed by atoms with Gasteiger partial charge in [-0.05, 0) is 57.3 Å². The third kappa shape index (κ3) is 1.42. The number of hydrogen-bond acceptors (Lipinski definition) is 0. The quantitative estimate of drug-likeness (QED) is 0.368. The molecule has 0 unspecified atom stereocenters. The molecule has 0 fully saturated rings. The number of rotatable bonds is 0. The summed E-state index contributed by atoms with van der Waals surface area (Å²) in [5.74, 6) is 0. The Morgan fingerprint density at radius 2 is 1.67 bits per heavy atom. The molecule has 0 heterocycles. The molecular weight excluding hydrogens is 342 g/mol. The number of halogens is 2. The summed E-state index contributed by atoms with van der Waals surface area (Å²) < 4.78 is 1.97. The fraction of sp³-hybridized carbons (Fsp3) is 0. The van der Waals surface area contributed by atoms with Crippen molar-refractivity contribution in [3.8, 4) is 0 Å². The van der Waals surface area contributed by atoms with Crippen LogP contribution in [0.4, 0.5) is 0 Å². The summed E-state index contributed by atoms with van der Waals surface area (Å²) in [7, 11) is 0. The summed E-state index contributed by atoms with van der Waals surface area (Å²) in [6, 6.07) is 0. The topological polar surface area (TPSA) is 36.4 Å². The van der Waals surface area contributed by atoms with Gasteiger partial charge in [0.2, 0.25) is 0 Å². The molecule has 0 aliphatic heterocycles. The van der Waals surface area contributed by atoms with E-state index < -0.39 is 0 Å². The lowest BCUT2D eigenvalue weighted by molar-refractivity contribution is -0.00161. The van der Waals surface area contributed by atoms with Gasteiger partial charge in [0.05, 0.1) is 0 Å². The van der Waals surface area contributed by atoms with Crippen LogP contribution < -0.4 is 0 Å². The molecule has 0 amide bonds. The van der Waals surface area contributed by atoms with Crippen LogP contribution in [-0.4, -0.2) is 10.5 Å². The maximum absolute atomic E-state index is 8.40. The largest absolute Gasteiger partial charge is 0.361 e. The second-order valence-electron chi connectivity index (χ2n) is 1.48. The molecule has 0 aromatic heterocycles. The standard InChI is InChI=1S/C5H2I2N2/c6-3-1-2-4(7)5(3)9-8/h1-2H. The Kier molecular flexibility index (Phi) is 2.42. The van der Waals surface area contributed by atoms with E-state index in [1.54, 1.807) is 0 Å². The van der Waals surface area contributed by atoms with Crippen molar-refractivity contribution in [2.45, 2.75) is 0 Å². The Hall–Kier alpha value is 0.320. The third-order valence-electron chi connectivity index (χ3n) is 0.928. The Labute approximate surface area is 79.9 Å². The summed E-state index contributed by atoms with van der Waals surface area (Å²) in [4.78, 5) is 3.11. The van der Waals surface area contributed by atoms with Crippen LogP contribution in [0.2, 0.25) is 0 Å². The van der Waals surface area contributed by atoms with Crippen molar-refractivity contribution in [1.82, 2.24) is 0 Å². The molecule has 46 valence electrons. The lowest BCUT2D eigenvalue weighted by Crippen LogP contribution is -1.92. The van der Waals surface area contributed by atoms with Crippen molar-refractivity contribution in [2.24, 2.45) is 0 Å². The van der Waals surface area contributed by atoms with Crippen LogP contribution in [-0.2, 0) is 0 Å². The first-order valence-electron chi connectivity index (χ1n) is 2.21.